The van der Waals surface area contributed by atoms with Gasteiger partial charge in [0.1, 0.15) is 17.2 Å². The van der Waals surface area contributed by atoms with Gasteiger partial charge in [-0.15, -0.1) is 0 Å². The molecular formula is C22H25N5O4. The van der Waals surface area contributed by atoms with Crippen LogP contribution in [0.2, 0.25) is 0 Å². The van der Waals surface area contributed by atoms with E-state index >= 15 is 0 Å². The van der Waals surface area contributed by atoms with Crippen LogP contribution in [0.3, 0.4) is 0 Å². The quantitative estimate of drug-likeness (QED) is 0.663. The van der Waals surface area contributed by atoms with Gasteiger partial charge < -0.3 is 19.6 Å². The molecule has 3 aromatic heterocycles. The maximum atomic E-state index is 13.0. The van der Waals surface area contributed by atoms with Gasteiger partial charge in [0.25, 0.3) is 5.56 Å². The lowest BCUT2D eigenvalue weighted by atomic mass is 10.0. The molecule has 9 nitrogen and oxygen atoms in total. The van der Waals surface area contributed by atoms with E-state index in [0.29, 0.717) is 54.2 Å². The molecule has 31 heavy (non-hydrogen) atoms. The second kappa shape index (κ2) is 8.35. The van der Waals surface area contributed by atoms with Crippen molar-refractivity contribution in [3.05, 3.63) is 46.7 Å². The molecule has 1 saturated heterocycles. The molecule has 9 heteroatoms. The number of rotatable bonds is 4. The van der Waals surface area contributed by atoms with Gasteiger partial charge in [-0.2, -0.15) is 0 Å². The van der Waals surface area contributed by atoms with E-state index in [9.17, 15) is 14.4 Å². The number of furan rings is 1. The number of amides is 2. The Balaban J connectivity index is 1.84. The van der Waals surface area contributed by atoms with Gasteiger partial charge in [-0.1, -0.05) is 0 Å². The highest BCUT2D eigenvalue weighted by Crippen LogP contribution is 2.35. The second-order valence-corrected chi connectivity index (χ2v) is 7.86. The number of aromatic nitrogens is 2. The van der Waals surface area contributed by atoms with Gasteiger partial charge in [0, 0.05) is 57.5 Å². The molecule has 4 heterocycles. The molecule has 4 rings (SSSR count). The predicted molar refractivity (Wildman–Crippen MR) is 116 cm³/mol. The Morgan fingerprint density at radius 3 is 2.94 bits per heavy atom. The van der Waals surface area contributed by atoms with Gasteiger partial charge in [-0.25, -0.2) is 4.98 Å². The van der Waals surface area contributed by atoms with E-state index in [4.69, 9.17) is 4.42 Å². The van der Waals surface area contributed by atoms with E-state index < -0.39 is 0 Å². The van der Waals surface area contributed by atoms with Crippen molar-refractivity contribution in [2.75, 3.05) is 18.4 Å². The zero-order valence-corrected chi connectivity index (χ0v) is 17.8. The Morgan fingerprint density at radius 2 is 2.16 bits per heavy atom. The minimum atomic E-state index is -0.228. The highest BCUT2D eigenvalue weighted by Gasteiger charge is 2.26. The summed E-state index contributed by atoms with van der Waals surface area (Å²) >= 11 is 0. The minimum absolute atomic E-state index is 0.0298. The van der Waals surface area contributed by atoms with Crippen LogP contribution in [-0.4, -0.2) is 45.4 Å². The summed E-state index contributed by atoms with van der Waals surface area (Å²) < 4.78 is 7.67. The third-order valence-electron chi connectivity index (χ3n) is 5.54. The van der Waals surface area contributed by atoms with Crippen molar-refractivity contribution < 1.29 is 14.0 Å². The van der Waals surface area contributed by atoms with Crippen molar-refractivity contribution in [3.63, 3.8) is 0 Å². The standard InChI is InChI=1S/C22H25N5O4/c1-13-11-24-19(29)6-9-27(13)12-17-20(15-4-7-23-18(10-15)25-14(2)28)21-16(31-17)5-8-26(3)22(21)30/h4-5,7-8,10,13H,6,9,11-12H2,1-3H3,(H,24,29)(H,23,25,28). The van der Waals surface area contributed by atoms with Crippen molar-refractivity contribution in [2.45, 2.75) is 32.9 Å². The van der Waals surface area contributed by atoms with Crippen LogP contribution in [0, 0.1) is 0 Å². The molecule has 162 valence electrons. The lowest BCUT2D eigenvalue weighted by molar-refractivity contribution is -0.120. The Morgan fingerprint density at radius 1 is 1.35 bits per heavy atom. The molecule has 2 amide bonds. The van der Waals surface area contributed by atoms with Gasteiger partial charge in [0.05, 0.1) is 11.9 Å². The lowest BCUT2D eigenvalue weighted by Gasteiger charge is -2.25. The van der Waals surface area contributed by atoms with Gasteiger partial charge in [-0.3, -0.25) is 19.3 Å². The number of hydrogen-bond donors (Lipinski definition) is 2. The fourth-order valence-electron chi connectivity index (χ4n) is 3.87. The molecule has 2 N–H and O–H groups in total. The molecule has 0 aliphatic carbocycles. The maximum Gasteiger partial charge on any atom is 0.262 e. The van der Waals surface area contributed by atoms with Crippen LogP contribution in [0.25, 0.3) is 22.1 Å². The van der Waals surface area contributed by atoms with Gasteiger partial charge >= 0.3 is 0 Å². The SMILES string of the molecule is CC(=O)Nc1cc(-c2c(CN3CCC(=O)NCC3C)oc3ccn(C)c(=O)c23)ccn1. The monoisotopic (exact) mass is 423 g/mol. The lowest BCUT2D eigenvalue weighted by Crippen LogP contribution is -2.37. The highest BCUT2D eigenvalue weighted by atomic mass is 16.3. The average molecular weight is 423 g/mol. The molecular weight excluding hydrogens is 398 g/mol. The number of fused-ring (bicyclic) bond motifs is 1. The van der Waals surface area contributed by atoms with Crippen LogP contribution < -0.4 is 16.2 Å². The summed E-state index contributed by atoms with van der Waals surface area (Å²) in [5, 5.41) is 6.08. The van der Waals surface area contributed by atoms with Crippen LogP contribution in [0.1, 0.15) is 26.0 Å². The zero-order valence-electron chi connectivity index (χ0n) is 17.8. The number of anilines is 1. The molecule has 1 aliphatic heterocycles. The smallest absolute Gasteiger partial charge is 0.262 e. The number of nitrogens with zero attached hydrogens (tertiary/aromatic N) is 3. The number of carbonyl (C=O) groups excluding carboxylic acids is 2. The molecule has 3 aromatic rings. The third kappa shape index (κ3) is 4.22. The minimum Gasteiger partial charge on any atom is -0.459 e. The van der Waals surface area contributed by atoms with Crippen LogP contribution in [0.15, 0.2) is 39.8 Å². The van der Waals surface area contributed by atoms with Crippen LogP contribution in [0.4, 0.5) is 5.82 Å². The summed E-state index contributed by atoms with van der Waals surface area (Å²) in [5.41, 5.74) is 1.75. The Labute approximate surface area is 179 Å². The van der Waals surface area contributed by atoms with Crippen LogP contribution in [0.5, 0.6) is 0 Å². The number of pyridine rings is 2. The molecule has 1 fully saturated rings. The molecule has 0 bridgehead atoms. The Hall–Kier alpha value is -3.46. The van der Waals surface area contributed by atoms with Crippen molar-refractivity contribution in [1.29, 1.82) is 0 Å². The third-order valence-corrected chi connectivity index (χ3v) is 5.54. The summed E-state index contributed by atoms with van der Waals surface area (Å²) in [4.78, 5) is 42.7. The Kier molecular flexibility index (Phi) is 5.60. The van der Waals surface area contributed by atoms with E-state index in [0.717, 1.165) is 5.56 Å². The Bertz CT molecular complexity index is 1210. The van der Waals surface area contributed by atoms with Crippen LogP contribution in [-0.2, 0) is 23.2 Å². The van der Waals surface area contributed by atoms with E-state index in [-0.39, 0.29) is 23.4 Å². The largest absolute Gasteiger partial charge is 0.459 e. The van der Waals surface area contributed by atoms with Gasteiger partial charge in [0.15, 0.2) is 0 Å². The summed E-state index contributed by atoms with van der Waals surface area (Å²) in [5.74, 6) is 0.839. The molecule has 0 saturated carbocycles. The molecule has 0 aromatic carbocycles. The summed E-state index contributed by atoms with van der Waals surface area (Å²) in [6, 6.07) is 5.42. The molecule has 1 unspecified atom stereocenters. The number of nitrogens with one attached hydrogen (secondary N) is 2. The zero-order chi connectivity index (χ0) is 22.1. The second-order valence-electron chi connectivity index (χ2n) is 7.86. The van der Waals surface area contributed by atoms with E-state index in [1.807, 2.05) is 6.92 Å². The topological polar surface area (TPSA) is 109 Å². The first-order valence-electron chi connectivity index (χ1n) is 10.2. The number of carbonyl (C=O) groups is 2. The number of hydrogen-bond acceptors (Lipinski definition) is 6. The summed E-state index contributed by atoms with van der Waals surface area (Å²) in [7, 11) is 1.70. The maximum absolute atomic E-state index is 13.0. The molecule has 1 atom stereocenters. The van der Waals surface area contributed by atoms with Crippen molar-refractivity contribution in [3.8, 4) is 11.1 Å². The fraction of sp³-hybridized carbons (Fsp3) is 0.364. The highest BCUT2D eigenvalue weighted by molar-refractivity contribution is 5.96. The summed E-state index contributed by atoms with van der Waals surface area (Å²) in [6.07, 6.45) is 3.67. The van der Waals surface area contributed by atoms with Crippen LogP contribution >= 0.6 is 0 Å². The van der Waals surface area contributed by atoms with E-state index in [1.165, 1.54) is 11.5 Å². The normalized spacial score (nSPS) is 17.4. The van der Waals surface area contributed by atoms with Crippen molar-refractivity contribution >= 4 is 28.6 Å². The van der Waals surface area contributed by atoms with Gasteiger partial charge in [0.2, 0.25) is 11.8 Å². The van der Waals surface area contributed by atoms with Crippen molar-refractivity contribution in [2.24, 2.45) is 7.05 Å². The fourth-order valence-corrected chi connectivity index (χ4v) is 3.87. The average Bonchev–Trinajstić information content (AvgIpc) is 3.02. The van der Waals surface area contributed by atoms with Gasteiger partial charge in [-0.05, 0) is 30.7 Å². The molecule has 0 radical (unpaired) electrons. The predicted octanol–water partition coefficient (Wildman–Crippen LogP) is 1.86. The first-order valence-corrected chi connectivity index (χ1v) is 10.2. The number of aryl methyl sites for hydroxylation is 1. The molecule has 1 aliphatic rings. The van der Waals surface area contributed by atoms with E-state index in [2.05, 4.69) is 20.5 Å². The first kappa shape index (κ1) is 20.8. The van der Waals surface area contributed by atoms with Crippen molar-refractivity contribution in [1.82, 2.24) is 19.8 Å². The summed E-state index contributed by atoms with van der Waals surface area (Å²) in [6.45, 7) is 5.06. The molecule has 0 spiro atoms. The first-order chi connectivity index (χ1) is 14.8. The van der Waals surface area contributed by atoms with E-state index in [1.54, 1.807) is 37.6 Å².